The van der Waals surface area contributed by atoms with Gasteiger partial charge in [-0.15, -0.1) is 0 Å². The summed E-state index contributed by atoms with van der Waals surface area (Å²) in [6.45, 7) is 3.42. The van der Waals surface area contributed by atoms with Gasteiger partial charge in [0.2, 0.25) is 0 Å². The summed E-state index contributed by atoms with van der Waals surface area (Å²) in [5, 5.41) is 1.12. The van der Waals surface area contributed by atoms with Crippen LogP contribution in [0.5, 0.6) is 0 Å². The van der Waals surface area contributed by atoms with Crippen molar-refractivity contribution in [3.05, 3.63) is 24.8 Å². The number of carbonyl (C=O) groups excluding carboxylic acids is 1. The van der Waals surface area contributed by atoms with Crippen LogP contribution in [0.15, 0.2) is 24.8 Å². The van der Waals surface area contributed by atoms with E-state index in [9.17, 15) is 4.79 Å². The topological polar surface area (TPSA) is 29.5 Å². The van der Waals surface area contributed by atoms with Crippen LogP contribution in [-0.4, -0.2) is 25.1 Å². The minimum Gasteiger partial charge on any atom is -0.274 e. The molecule has 0 saturated heterocycles. The predicted molar refractivity (Wildman–Crippen MR) is 39.1 cm³/mol. The Kier molecular flexibility index (Phi) is 4.24. The van der Waals surface area contributed by atoms with Gasteiger partial charge in [-0.3, -0.25) is 9.63 Å². The monoisotopic (exact) mass is 141 g/mol. The zero-order valence-electron chi connectivity index (χ0n) is 6.20. The maximum Gasteiger partial charge on any atom is 0.269 e. The fourth-order valence-corrected chi connectivity index (χ4v) is 0.345. The van der Waals surface area contributed by atoms with Crippen LogP contribution in [-0.2, 0) is 9.63 Å². The molecule has 0 aromatic rings. The van der Waals surface area contributed by atoms with Crippen LogP contribution in [0.4, 0.5) is 0 Å². The second kappa shape index (κ2) is 4.76. The molecular formula is C7H11NO2. The smallest absolute Gasteiger partial charge is 0.269 e. The van der Waals surface area contributed by atoms with Crippen molar-refractivity contribution in [1.82, 2.24) is 5.06 Å². The van der Waals surface area contributed by atoms with E-state index in [0.717, 1.165) is 5.06 Å². The lowest BCUT2D eigenvalue weighted by Gasteiger charge is -2.09. The van der Waals surface area contributed by atoms with Gasteiger partial charge < -0.3 is 0 Å². The van der Waals surface area contributed by atoms with Gasteiger partial charge in [-0.25, -0.2) is 5.06 Å². The van der Waals surface area contributed by atoms with E-state index in [1.165, 1.54) is 26.3 Å². The Morgan fingerprint density at radius 3 is 2.70 bits per heavy atom. The number of rotatable bonds is 3. The number of carbonyl (C=O) groups is 1. The van der Waals surface area contributed by atoms with Crippen LogP contribution < -0.4 is 0 Å². The molecule has 3 nitrogen and oxygen atoms in total. The molecule has 0 unspecified atom stereocenters. The van der Waals surface area contributed by atoms with Crippen molar-refractivity contribution < 1.29 is 9.63 Å². The first-order valence-corrected chi connectivity index (χ1v) is 2.83. The SMILES string of the molecule is C=CC=CC(=O)N(C)OC. The first-order chi connectivity index (χ1) is 4.72. The van der Waals surface area contributed by atoms with Crippen LogP contribution in [0.3, 0.4) is 0 Å². The van der Waals surface area contributed by atoms with Gasteiger partial charge in [-0.2, -0.15) is 0 Å². The van der Waals surface area contributed by atoms with Crippen molar-refractivity contribution in [2.75, 3.05) is 14.2 Å². The average Bonchev–Trinajstić information content (AvgIpc) is 1.98. The molecule has 0 saturated carbocycles. The van der Waals surface area contributed by atoms with Gasteiger partial charge in [-0.1, -0.05) is 18.7 Å². The normalized spacial score (nSPS) is 9.80. The maximum absolute atomic E-state index is 10.8. The first-order valence-electron chi connectivity index (χ1n) is 2.83. The van der Waals surface area contributed by atoms with Crippen LogP contribution in [0.25, 0.3) is 0 Å². The van der Waals surface area contributed by atoms with E-state index in [4.69, 9.17) is 0 Å². The fraction of sp³-hybridized carbons (Fsp3) is 0.286. The van der Waals surface area contributed by atoms with E-state index in [0.29, 0.717) is 0 Å². The zero-order chi connectivity index (χ0) is 7.98. The van der Waals surface area contributed by atoms with Crippen molar-refractivity contribution in [1.29, 1.82) is 0 Å². The second-order valence-corrected chi connectivity index (χ2v) is 1.61. The van der Waals surface area contributed by atoms with Gasteiger partial charge in [0.1, 0.15) is 0 Å². The van der Waals surface area contributed by atoms with Crippen molar-refractivity contribution >= 4 is 5.91 Å². The summed E-state index contributed by atoms with van der Waals surface area (Å²) in [7, 11) is 2.97. The van der Waals surface area contributed by atoms with Gasteiger partial charge in [0.25, 0.3) is 5.91 Å². The van der Waals surface area contributed by atoms with Gasteiger partial charge in [0.15, 0.2) is 0 Å². The molecule has 0 aromatic carbocycles. The summed E-state index contributed by atoms with van der Waals surface area (Å²) in [4.78, 5) is 15.4. The fourth-order valence-electron chi connectivity index (χ4n) is 0.345. The van der Waals surface area contributed by atoms with E-state index in [-0.39, 0.29) is 5.91 Å². The maximum atomic E-state index is 10.8. The van der Waals surface area contributed by atoms with E-state index < -0.39 is 0 Å². The third kappa shape index (κ3) is 3.04. The summed E-state index contributed by atoms with van der Waals surface area (Å²) in [5.41, 5.74) is 0. The van der Waals surface area contributed by atoms with Gasteiger partial charge in [-0.05, 0) is 0 Å². The third-order valence-corrected chi connectivity index (χ3v) is 0.959. The van der Waals surface area contributed by atoms with Crippen LogP contribution in [0.1, 0.15) is 0 Å². The molecule has 0 atom stereocenters. The summed E-state index contributed by atoms with van der Waals surface area (Å²) < 4.78 is 0. The molecule has 0 aliphatic heterocycles. The largest absolute Gasteiger partial charge is 0.274 e. The molecule has 56 valence electrons. The molecule has 0 radical (unpaired) electrons. The number of likely N-dealkylation sites (N-methyl/N-ethyl adjacent to an activating group) is 1. The minimum atomic E-state index is -0.206. The van der Waals surface area contributed by atoms with E-state index in [1.54, 1.807) is 6.08 Å². The molecule has 0 spiro atoms. The quantitative estimate of drug-likeness (QED) is 0.330. The summed E-state index contributed by atoms with van der Waals surface area (Å²) in [6, 6.07) is 0. The predicted octanol–water partition coefficient (Wildman–Crippen LogP) is 0.748. The molecule has 0 N–H and O–H groups in total. The lowest BCUT2D eigenvalue weighted by atomic mass is 10.4. The highest BCUT2D eigenvalue weighted by Crippen LogP contribution is 1.85. The highest BCUT2D eigenvalue weighted by Gasteiger charge is 1.99. The van der Waals surface area contributed by atoms with E-state index >= 15 is 0 Å². The van der Waals surface area contributed by atoms with Crippen LogP contribution >= 0.6 is 0 Å². The number of nitrogens with zero attached hydrogens (tertiary/aromatic N) is 1. The Morgan fingerprint density at radius 1 is 1.70 bits per heavy atom. The Labute approximate surface area is 60.5 Å². The number of allylic oxidation sites excluding steroid dienone is 2. The number of hydroxylamine groups is 2. The molecule has 3 heteroatoms. The Balaban J connectivity index is 3.83. The van der Waals surface area contributed by atoms with Crippen molar-refractivity contribution in [2.45, 2.75) is 0 Å². The summed E-state index contributed by atoms with van der Waals surface area (Å²) >= 11 is 0. The second-order valence-electron chi connectivity index (χ2n) is 1.61. The third-order valence-electron chi connectivity index (χ3n) is 0.959. The van der Waals surface area contributed by atoms with E-state index in [1.807, 2.05) is 0 Å². The van der Waals surface area contributed by atoms with Gasteiger partial charge in [0, 0.05) is 13.1 Å². The highest BCUT2D eigenvalue weighted by atomic mass is 16.7. The molecule has 0 aromatic heterocycles. The standard InChI is InChI=1S/C7H11NO2/c1-4-5-6-7(9)8(2)10-3/h4-6H,1H2,2-3H3. The molecule has 0 fully saturated rings. The Bertz CT molecular complexity index is 152. The number of amides is 1. The number of hydrogen-bond acceptors (Lipinski definition) is 2. The highest BCUT2D eigenvalue weighted by molar-refractivity contribution is 5.86. The Hall–Kier alpha value is -1.09. The molecule has 0 heterocycles. The van der Waals surface area contributed by atoms with Crippen molar-refractivity contribution in [2.24, 2.45) is 0 Å². The molecule has 0 rings (SSSR count). The number of hydrogen-bond donors (Lipinski definition) is 0. The van der Waals surface area contributed by atoms with Crippen molar-refractivity contribution in [3.63, 3.8) is 0 Å². The van der Waals surface area contributed by atoms with Crippen LogP contribution in [0.2, 0.25) is 0 Å². The molecule has 1 amide bonds. The van der Waals surface area contributed by atoms with E-state index in [2.05, 4.69) is 11.4 Å². The first kappa shape index (κ1) is 8.91. The molecular weight excluding hydrogens is 130 g/mol. The molecule has 0 bridgehead atoms. The lowest BCUT2D eigenvalue weighted by molar-refractivity contribution is -0.162. The van der Waals surface area contributed by atoms with Crippen LogP contribution in [0, 0.1) is 0 Å². The summed E-state index contributed by atoms with van der Waals surface area (Å²) in [6.07, 6.45) is 4.45. The van der Waals surface area contributed by atoms with Crippen molar-refractivity contribution in [3.8, 4) is 0 Å². The van der Waals surface area contributed by atoms with Gasteiger partial charge in [0.05, 0.1) is 7.11 Å². The molecule has 0 aliphatic rings. The molecule has 0 aliphatic carbocycles. The molecule has 10 heavy (non-hydrogen) atoms. The average molecular weight is 141 g/mol. The van der Waals surface area contributed by atoms with Gasteiger partial charge >= 0.3 is 0 Å². The Morgan fingerprint density at radius 2 is 2.30 bits per heavy atom. The minimum absolute atomic E-state index is 0.206. The summed E-state index contributed by atoms with van der Waals surface area (Å²) in [5.74, 6) is -0.206. The lowest BCUT2D eigenvalue weighted by Crippen LogP contribution is -2.22. The zero-order valence-corrected chi connectivity index (χ0v) is 6.20.